The zero-order valence-electron chi connectivity index (χ0n) is 24.3. The van der Waals surface area contributed by atoms with E-state index in [4.69, 9.17) is 30.3 Å². The number of nitrogens with one attached hydrogen (secondary N) is 2. The number of carbonyl (C=O) groups is 3. The monoisotopic (exact) mass is 689 g/mol. The van der Waals surface area contributed by atoms with Gasteiger partial charge in [-0.25, -0.2) is 23.9 Å². The number of ether oxygens (including phenoxy) is 1. The number of primary amides is 1. The van der Waals surface area contributed by atoms with Crippen molar-refractivity contribution in [1.82, 2.24) is 25.1 Å². The molecule has 1 aliphatic rings. The number of hydrogen-bond donors (Lipinski definition) is 5. The Labute approximate surface area is 265 Å². The molecule has 0 aliphatic carbocycles. The Bertz CT molecular complexity index is 1700. The van der Waals surface area contributed by atoms with Gasteiger partial charge in [-0.15, -0.1) is 0 Å². The number of rotatable bonds is 8. The topological polar surface area (TPSA) is 195 Å². The van der Waals surface area contributed by atoms with Gasteiger partial charge in [-0.1, -0.05) is 12.1 Å². The summed E-state index contributed by atoms with van der Waals surface area (Å²) in [4.78, 5) is 38.6. The number of anilines is 2. The number of alkyl halides is 6. The summed E-state index contributed by atoms with van der Waals surface area (Å²) in [7, 11) is 0. The van der Waals surface area contributed by atoms with Crippen LogP contribution in [-0.4, -0.2) is 79.4 Å². The molecular weight excluding hydrogens is 663 g/mol. The lowest BCUT2D eigenvalue weighted by Crippen LogP contribution is -2.28. The molecule has 48 heavy (non-hydrogen) atoms. The molecule has 258 valence electrons. The predicted molar refractivity (Wildman–Crippen MR) is 153 cm³/mol. The third-order valence-electron chi connectivity index (χ3n) is 6.27. The first-order valence-electron chi connectivity index (χ1n) is 13.5. The molecule has 0 saturated carbocycles. The van der Waals surface area contributed by atoms with Crippen LogP contribution in [0.2, 0.25) is 0 Å². The van der Waals surface area contributed by atoms with Crippen molar-refractivity contribution in [2.45, 2.75) is 37.3 Å². The van der Waals surface area contributed by atoms with Crippen LogP contribution in [0.3, 0.4) is 0 Å². The van der Waals surface area contributed by atoms with Crippen molar-refractivity contribution >= 4 is 40.3 Å². The molecule has 0 spiro atoms. The highest BCUT2D eigenvalue weighted by Crippen LogP contribution is 2.27. The normalized spacial score (nSPS) is 14.9. The first kappa shape index (κ1) is 36.9. The minimum Gasteiger partial charge on any atom is -0.492 e. The van der Waals surface area contributed by atoms with Crippen molar-refractivity contribution in [3.63, 3.8) is 0 Å². The number of carboxylic acid groups (broad SMARTS) is 2. The lowest BCUT2D eigenvalue weighted by atomic mass is 10.1. The Morgan fingerprint density at radius 3 is 2.27 bits per heavy atom. The van der Waals surface area contributed by atoms with Gasteiger partial charge in [0.25, 0.3) is 0 Å². The fourth-order valence-corrected chi connectivity index (χ4v) is 4.13. The van der Waals surface area contributed by atoms with Gasteiger partial charge in [0.2, 0.25) is 5.91 Å². The van der Waals surface area contributed by atoms with Gasteiger partial charge in [0, 0.05) is 23.7 Å². The molecule has 6 N–H and O–H groups in total. The molecule has 1 saturated heterocycles. The van der Waals surface area contributed by atoms with Crippen LogP contribution in [0.5, 0.6) is 5.75 Å². The lowest BCUT2D eigenvalue weighted by Gasteiger charge is -2.14. The van der Waals surface area contributed by atoms with Crippen LogP contribution in [0.25, 0.3) is 10.9 Å². The highest BCUT2D eigenvalue weighted by atomic mass is 19.4. The Hall–Kier alpha value is -5.53. The third kappa shape index (κ3) is 10.8. The van der Waals surface area contributed by atoms with E-state index in [9.17, 15) is 35.5 Å². The molecule has 1 unspecified atom stereocenters. The largest absolute Gasteiger partial charge is 0.492 e. The first-order chi connectivity index (χ1) is 22.5. The van der Waals surface area contributed by atoms with E-state index in [1.165, 1.54) is 35.6 Å². The van der Waals surface area contributed by atoms with Gasteiger partial charge in [0.1, 0.15) is 30.3 Å². The molecule has 2 atom stereocenters. The molecule has 1 amide bonds. The van der Waals surface area contributed by atoms with Crippen LogP contribution in [0, 0.1) is 5.82 Å². The number of carbonyl (C=O) groups excluding carboxylic acids is 1. The first-order valence-corrected chi connectivity index (χ1v) is 13.5. The molecule has 13 nitrogen and oxygen atoms in total. The highest BCUT2D eigenvalue weighted by molar-refractivity contribution is 5.91. The third-order valence-corrected chi connectivity index (χ3v) is 6.27. The van der Waals surface area contributed by atoms with E-state index in [0.717, 1.165) is 29.6 Å². The maximum absolute atomic E-state index is 13.7. The number of aliphatic carboxylic acids is 2. The molecule has 1 fully saturated rings. The average molecular weight is 690 g/mol. The van der Waals surface area contributed by atoms with Crippen molar-refractivity contribution in [3.8, 4) is 5.75 Å². The number of amides is 1. The van der Waals surface area contributed by atoms with Crippen LogP contribution in [0.4, 0.5) is 42.2 Å². The van der Waals surface area contributed by atoms with Gasteiger partial charge in [-0.3, -0.25) is 9.48 Å². The number of nitrogens with two attached hydrogens (primary N) is 1. The summed E-state index contributed by atoms with van der Waals surface area (Å²) in [6, 6.07) is 10.8. The van der Waals surface area contributed by atoms with Gasteiger partial charge in [0.15, 0.2) is 6.04 Å². The maximum Gasteiger partial charge on any atom is 0.490 e. The van der Waals surface area contributed by atoms with Gasteiger partial charge in [0.05, 0.1) is 17.4 Å². The lowest BCUT2D eigenvalue weighted by molar-refractivity contribution is -0.193. The van der Waals surface area contributed by atoms with Crippen molar-refractivity contribution in [1.29, 1.82) is 0 Å². The predicted octanol–water partition coefficient (Wildman–Crippen LogP) is 4.18. The zero-order chi connectivity index (χ0) is 35.6. The smallest absolute Gasteiger partial charge is 0.490 e. The number of carboxylic acids is 2. The standard InChI is InChI=1S/C24H24FN7O2.2C2HF3O2/c25-16-4-1-3-15(9-16)22(23(26)33)32-12-18(11-30-32)31-24-20-7-6-19(10-21(20)28-14-29-24)34-13-17-5-2-8-27-17;2*3-2(4,5)1(6)7/h1,3-4,6-7,9-12,14,17,22,27H,2,5,8,13H2,(H2,26,33)(H,28,29,31);2*(H,6,7)/t17-,22?;;/m0../s1. The van der Waals surface area contributed by atoms with Crippen LogP contribution in [-0.2, 0) is 14.4 Å². The molecule has 2 aromatic carbocycles. The molecule has 1 aliphatic heterocycles. The van der Waals surface area contributed by atoms with Gasteiger partial charge in [-0.05, 0) is 49.2 Å². The number of halogens is 7. The second kappa shape index (κ2) is 15.8. The average Bonchev–Trinajstić information content (AvgIpc) is 3.68. The summed E-state index contributed by atoms with van der Waals surface area (Å²) in [5.41, 5.74) is 7.32. The van der Waals surface area contributed by atoms with Crippen LogP contribution in [0.15, 0.2) is 61.2 Å². The Morgan fingerprint density at radius 2 is 1.71 bits per heavy atom. The summed E-state index contributed by atoms with van der Waals surface area (Å²) in [5, 5.41) is 25.9. The second-order valence-electron chi connectivity index (χ2n) is 9.81. The molecule has 4 aromatic rings. The van der Waals surface area contributed by atoms with Crippen molar-refractivity contribution in [3.05, 3.63) is 72.6 Å². The molecule has 2 aromatic heterocycles. The summed E-state index contributed by atoms with van der Waals surface area (Å²) < 4.78 is 84.5. The SMILES string of the molecule is NC(=O)C(c1cccc(F)c1)n1cc(Nc2ncnc3cc(OC[C@@H]4CCCN4)ccc23)cn1.O=C(O)C(F)(F)F.O=C(O)C(F)(F)F. The van der Waals surface area contributed by atoms with E-state index in [1.807, 2.05) is 18.2 Å². The van der Waals surface area contributed by atoms with Crippen molar-refractivity contribution in [2.24, 2.45) is 5.73 Å². The number of aromatic nitrogens is 4. The summed E-state index contributed by atoms with van der Waals surface area (Å²) in [5.74, 6) is -5.29. The molecule has 5 rings (SSSR count). The zero-order valence-corrected chi connectivity index (χ0v) is 24.3. The summed E-state index contributed by atoms with van der Waals surface area (Å²) in [6.45, 7) is 1.65. The van der Waals surface area contributed by atoms with Crippen molar-refractivity contribution < 1.29 is 60.1 Å². The van der Waals surface area contributed by atoms with Crippen LogP contribution >= 0.6 is 0 Å². The van der Waals surface area contributed by atoms with Crippen LogP contribution in [0.1, 0.15) is 24.4 Å². The summed E-state index contributed by atoms with van der Waals surface area (Å²) >= 11 is 0. The van der Waals surface area contributed by atoms with E-state index in [0.29, 0.717) is 29.7 Å². The number of fused-ring (bicyclic) bond motifs is 1. The van der Waals surface area contributed by atoms with E-state index >= 15 is 0 Å². The minimum atomic E-state index is -5.08. The maximum atomic E-state index is 13.7. The van der Waals surface area contributed by atoms with E-state index in [2.05, 4.69) is 25.7 Å². The van der Waals surface area contributed by atoms with E-state index < -0.39 is 42.1 Å². The van der Waals surface area contributed by atoms with Crippen molar-refractivity contribution in [2.75, 3.05) is 18.5 Å². The minimum absolute atomic E-state index is 0.381. The highest BCUT2D eigenvalue weighted by Gasteiger charge is 2.38. The second-order valence-corrected chi connectivity index (χ2v) is 9.81. The molecule has 0 bridgehead atoms. The number of hydrogen-bond acceptors (Lipinski definition) is 9. The molecule has 3 heterocycles. The Kier molecular flexibility index (Phi) is 12.2. The fraction of sp³-hybridized carbons (Fsp3) is 0.286. The Balaban J connectivity index is 0.000000376. The quantitative estimate of drug-likeness (QED) is 0.167. The molecule has 0 radical (unpaired) electrons. The number of nitrogens with zero attached hydrogens (tertiary/aromatic N) is 4. The Morgan fingerprint density at radius 1 is 1.04 bits per heavy atom. The van der Waals surface area contributed by atoms with E-state index in [-0.39, 0.29) is 0 Å². The van der Waals surface area contributed by atoms with Gasteiger partial charge < -0.3 is 31.3 Å². The molecule has 20 heteroatoms. The van der Waals surface area contributed by atoms with E-state index in [1.54, 1.807) is 18.5 Å². The van der Waals surface area contributed by atoms with Gasteiger partial charge >= 0.3 is 24.3 Å². The van der Waals surface area contributed by atoms with Crippen LogP contribution < -0.4 is 21.1 Å². The fourth-order valence-electron chi connectivity index (χ4n) is 4.13. The molecular formula is C28H26F7N7O6. The number of benzene rings is 2. The van der Waals surface area contributed by atoms with Gasteiger partial charge in [-0.2, -0.15) is 31.4 Å². The summed E-state index contributed by atoms with van der Waals surface area (Å²) in [6.07, 6.45) is -3.23.